The Kier molecular flexibility index (Phi) is 10.5. The fourth-order valence-corrected chi connectivity index (χ4v) is 2.89. The number of carbonyl (C=O) groups is 1. The van der Waals surface area contributed by atoms with Gasteiger partial charge in [-0.1, -0.05) is 29.3 Å². The van der Waals surface area contributed by atoms with Gasteiger partial charge in [-0.05, 0) is 17.7 Å². The van der Waals surface area contributed by atoms with Gasteiger partial charge in [-0.15, -0.1) is 12.4 Å². The Morgan fingerprint density at radius 2 is 2.16 bits per heavy atom. The van der Waals surface area contributed by atoms with Gasteiger partial charge in [0.1, 0.15) is 0 Å². The predicted molar refractivity (Wildman–Crippen MR) is 102 cm³/mol. The molecule has 1 fully saturated rings. The van der Waals surface area contributed by atoms with E-state index in [2.05, 4.69) is 16.0 Å². The van der Waals surface area contributed by atoms with Gasteiger partial charge in [-0.2, -0.15) is 0 Å². The van der Waals surface area contributed by atoms with Crippen LogP contribution in [0.3, 0.4) is 0 Å². The van der Waals surface area contributed by atoms with Crippen LogP contribution in [-0.4, -0.2) is 58.6 Å². The Morgan fingerprint density at radius 3 is 2.88 bits per heavy atom. The van der Waals surface area contributed by atoms with Gasteiger partial charge in [0.05, 0.1) is 29.4 Å². The molecule has 1 aliphatic rings. The van der Waals surface area contributed by atoms with Crippen molar-refractivity contribution in [2.45, 2.75) is 12.0 Å². The van der Waals surface area contributed by atoms with E-state index in [4.69, 9.17) is 32.7 Å². The molecule has 2 atom stereocenters. The maximum atomic E-state index is 11.8. The molecule has 1 aromatic rings. The summed E-state index contributed by atoms with van der Waals surface area (Å²) in [6.07, 6.45) is -0.148. The minimum absolute atomic E-state index is 0. The first-order valence-corrected chi connectivity index (χ1v) is 8.65. The Morgan fingerprint density at radius 1 is 1.36 bits per heavy atom. The second kappa shape index (κ2) is 11.8. The SMILES string of the molecule is COCCNC(=O)NCC1OCCNCC1c1ccc(Cl)c(Cl)c1.Cl. The highest BCUT2D eigenvalue weighted by Gasteiger charge is 2.27. The van der Waals surface area contributed by atoms with Crippen LogP contribution < -0.4 is 16.0 Å². The molecule has 2 unspecified atom stereocenters. The lowest BCUT2D eigenvalue weighted by Gasteiger charge is -2.25. The molecular weight excluding hydrogens is 389 g/mol. The number of carbonyl (C=O) groups excluding carboxylic acids is 1. The van der Waals surface area contributed by atoms with Crippen molar-refractivity contribution in [3.63, 3.8) is 0 Å². The molecule has 0 bridgehead atoms. The number of hydrogen-bond acceptors (Lipinski definition) is 4. The Bertz CT molecular complexity index is 549. The van der Waals surface area contributed by atoms with E-state index in [9.17, 15) is 4.79 Å². The summed E-state index contributed by atoms with van der Waals surface area (Å²) >= 11 is 12.1. The summed E-state index contributed by atoms with van der Waals surface area (Å²) in [5.41, 5.74) is 1.03. The number of ether oxygens (including phenoxy) is 2. The van der Waals surface area contributed by atoms with Crippen molar-refractivity contribution in [3.8, 4) is 0 Å². The van der Waals surface area contributed by atoms with Gasteiger partial charge >= 0.3 is 6.03 Å². The van der Waals surface area contributed by atoms with Gasteiger partial charge in [-0.3, -0.25) is 0 Å². The van der Waals surface area contributed by atoms with Crippen molar-refractivity contribution in [1.82, 2.24) is 16.0 Å². The number of benzene rings is 1. The molecule has 0 aliphatic carbocycles. The average Bonchev–Trinajstić information content (AvgIpc) is 2.81. The van der Waals surface area contributed by atoms with Gasteiger partial charge in [0.2, 0.25) is 0 Å². The van der Waals surface area contributed by atoms with Crippen LogP contribution in [0.5, 0.6) is 0 Å². The number of methoxy groups -OCH3 is 1. The van der Waals surface area contributed by atoms with Crippen LogP contribution in [0.1, 0.15) is 11.5 Å². The molecule has 1 heterocycles. The largest absolute Gasteiger partial charge is 0.383 e. The molecule has 9 heteroatoms. The van der Waals surface area contributed by atoms with Gasteiger partial charge in [-0.25, -0.2) is 4.79 Å². The van der Waals surface area contributed by atoms with E-state index in [0.717, 1.165) is 18.7 Å². The summed E-state index contributed by atoms with van der Waals surface area (Å²) in [6.45, 7) is 3.46. The van der Waals surface area contributed by atoms with Crippen LogP contribution in [0.25, 0.3) is 0 Å². The lowest BCUT2D eigenvalue weighted by atomic mass is 9.93. The first-order chi connectivity index (χ1) is 11.6. The van der Waals surface area contributed by atoms with Crippen molar-refractivity contribution >= 4 is 41.6 Å². The Balaban J connectivity index is 0.00000312. The normalized spacial score (nSPS) is 20.3. The van der Waals surface area contributed by atoms with E-state index < -0.39 is 0 Å². The molecule has 1 saturated heterocycles. The highest BCUT2D eigenvalue weighted by Crippen LogP contribution is 2.29. The molecule has 2 rings (SSSR count). The van der Waals surface area contributed by atoms with Crippen molar-refractivity contribution in [3.05, 3.63) is 33.8 Å². The van der Waals surface area contributed by atoms with Crippen molar-refractivity contribution < 1.29 is 14.3 Å². The van der Waals surface area contributed by atoms with Gasteiger partial charge < -0.3 is 25.4 Å². The van der Waals surface area contributed by atoms with Crippen LogP contribution in [0.4, 0.5) is 4.79 Å². The molecule has 142 valence electrons. The molecule has 1 aromatic carbocycles. The van der Waals surface area contributed by atoms with Crippen LogP contribution >= 0.6 is 35.6 Å². The molecule has 3 N–H and O–H groups in total. The first kappa shape index (κ1) is 22.3. The highest BCUT2D eigenvalue weighted by atomic mass is 35.5. The maximum Gasteiger partial charge on any atom is 0.314 e. The number of halogens is 3. The van der Waals surface area contributed by atoms with Crippen LogP contribution in [0.2, 0.25) is 10.0 Å². The number of rotatable bonds is 6. The quantitative estimate of drug-likeness (QED) is 0.628. The minimum Gasteiger partial charge on any atom is -0.383 e. The molecule has 25 heavy (non-hydrogen) atoms. The number of hydrogen-bond donors (Lipinski definition) is 3. The summed E-state index contributed by atoms with van der Waals surface area (Å²) in [6, 6.07) is 5.35. The Labute approximate surface area is 164 Å². The zero-order chi connectivity index (χ0) is 17.4. The summed E-state index contributed by atoms with van der Waals surface area (Å²) in [5.74, 6) is 0.0709. The summed E-state index contributed by atoms with van der Waals surface area (Å²) in [7, 11) is 1.59. The van der Waals surface area contributed by atoms with Gasteiger partial charge in [0.25, 0.3) is 0 Å². The second-order valence-corrected chi connectivity index (χ2v) is 6.34. The number of urea groups is 1. The van der Waals surface area contributed by atoms with Crippen LogP contribution in [-0.2, 0) is 9.47 Å². The van der Waals surface area contributed by atoms with Crippen LogP contribution in [0.15, 0.2) is 18.2 Å². The third-order valence-corrected chi connectivity index (χ3v) is 4.59. The minimum atomic E-state index is -0.235. The summed E-state index contributed by atoms with van der Waals surface area (Å²) < 4.78 is 10.8. The zero-order valence-corrected chi connectivity index (χ0v) is 16.3. The predicted octanol–water partition coefficient (Wildman–Crippen LogP) is 2.43. The standard InChI is InChI=1S/C16H23Cl2N3O3.ClH/c1-23-6-5-20-16(22)21-10-15-12(9-19-4-7-24-15)11-2-3-13(17)14(18)8-11;/h2-3,8,12,15,19H,4-7,9-10H2,1H3,(H2,20,21,22);1H. The average molecular weight is 413 g/mol. The third kappa shape index (κ3) is 7.17. The smallest absolute Gasteiger partial charge is 0.314 e. The highest BCUT2D eigenvalue weighted by molar-refractivity contribution is 6.42. The van der Waals surface area contributed by atoms with Crippen molar-refractivity contribution in [2.24, 2.45) is 0 Å². The second-order valence-electron chi connectivity index (χ2n) is 5.52. The molecule has 6 nitrogen and oxygen atoms in total. The van der Waals surface area contributed by atoms with E-state index in [1.54, 1.807) is 13.2 Å². The van der Waals surface area contributed by atoms with Crippen LogP contribution in [0, 0.1) is 0 Å². The number of nitrogens with one attached hydrogen (secondary N) is 3. The fraction of sp³-hybridized carbons (Fsp3) is 0.562. The maximum absolute atomic E-state index is 11.8. The van der Waals surface area contributed by atoms with Crippen molar-refractivity contribution in [1.29, 1.82) is 0 Å². The molecule has 0 aromatic heterocycles. The molecule has 1 aliphatic heterocycles. The molecule has 0 radical (unpaired) electrons. The van der Waals surface area contributed by atoms with Crippen molar-refractivity contribution in [2.75, 3.05) is 46.5 Å². The van der Waals surface area contributed by atoms with E-state index in [0.29, 0.717) is 36.3 Å². The third-order valence-electron chi connectivity index (χ3n) is 3.85. The van der Waals surface area contributed by atoms with Gasteiger partial charge in [0, 0.05) is 39.2 Å². The first-order valence-electron chi connectivity index (χ1n) is 7.89. The molecule has 2 amide bonds. The molecule has 0 spiro atoms. The molecule has 0 saturated carbocycles. The topological polar surface area (TPSA) is 71.6 Å². The summed E-state index contributed by atoms with van der Waals surface area (Å²) in [4.78, 5) is 11.8. The lowest BCUT2D eigenvalue weighted by Crippen LogP contribution is -2.43. The zero-order valence-electron chi connectivity index (χ0n) is 14.0. The van der Waals surface area contributed by atoms with Gasteiger partial charge in [0.15, 0.2) is 0 Å². The number of amides is 2. The summed E-state index contributed by atoms with van der Waals surface area (Å²) in [5, 5.41) is 9.96. The van der Waals surface area contributed by atoms with E-state index in [-0.39, 0.29) is 30.5 Å². The molecular formula is C16H24Cl3N3O3. The van der Waals surface area contributed by atoms with E-state index >= 15 is 0 Å². The lowest BCUT2D eigenvalue weighted by molar-refractivity contribution is 0.0538. The monoisotopic (exact) mass is 411 g/mol. The van der Waals surface area contributed by atoms with E-state index in [1.807, 2.05) is 12.1 Å². The van der Waals surface area contributed by atoms with E-state index in [1.165, 1.54) is 0 Å². The fourth-order valence-electron chi connectivity index (χ4n) is 2.59. The Hall–Kier alpha value is -0.760.